The van der Waals surface area contributed by atoms with Gasteiger partial charge in [-0.15, -0.1) is 0 Å². The van der Waals surface area contributed by atoms with Gasteiger partial charge in [-0.3, -0.25) is 4.55 Å². The fourth-order valence-electron chi connectivity index (χ4n) is 3.25. The number of benzene rings is 3. The Morgan fingerprint density at radius 2 is 1.53 bits per heavy atom. The van der Waals surface area contributed by atoms with E-state index in [0.29, 0.717) is 12.8 Å². The molecule has 0 atom stereocenters. The first-order valence-electron chi connectivity index (χ1n) is 9.36. The number of aliphatic hydroxyl groups excluding tert-OH is 2. The Balaban J connectivity index is 0.000000461. The van der Waals surface area contributed by atoms with Crippen LogP contribution in [-0.4, -0.2) is 48.2 Å². The van der Waals surface area contributed by atoms with Gasteiger partial charge in [0.05, 0.1) is 25.0 Å². The third-order valence-electron chi connectivity index (χ3n) is 4.88. The molecule has 0 saturated heterocycles. The van der Waals surface area contributed by atoms with Crippen LogP contribution in [0.25, 0.3) is 32.7 Å². The van der Waals surface area contributed by atoms with Gasteiger partial charge in [0.15, 0.2) is 0 Å². The number of para-hydroxylation sites is 1. The summed E-state index contributed by atoms with van der Waals surface area (Å²) in [6, 6.07) is 18.4. The summed E-state index contributed by atoms with van der Waals surface area (Å²) < 4.78 is 32.0. The molecule has 0 aliphatic carbocycles. The molecular formula is C22H25NO6S. The second-order valence-corrected chi connectivity index (χ2v) is 8.98. The first-order valence-corrected chi connectivity index (χ1v) is 11.2. The van der Waals surface area contributed by atoms with Gasteiger partial charge in [-0.2, -0.15) is 8.42 Å². The second kappa shape index (κ2) is 8.71. The first-order chi connectivity index (χ1) is 14.1. The Bertz CT molecular complexity index is 1270. The molecule has 0 amide bonds. The van der Waals surface area contributed by atoms with Crippen LogP contribution in [0.2, 0.25) is 0 Å². The van der Waals surface area contributed by atoms with Crippen LogP contribution >= 0.6 is 0 Å². The number of rotatable bonds is 5. The molecule has 0 saturated carbocycles. The van der Waals surface area contributed by atoms with Crippen molar-refractivity contribution in [2.45, 2.75) is 19.0 Å². The predicted molar refractivity (Wildman–Crippen MR) is 118 cm³/mol. The quantitative estimate of drug-likeness (QED) is 0.359. The van der Waals surface area contributed by atoms with Crippen molar-refractivity contribution in [3.05, 3.63) is 60.2 Å². The van der Waals surface area contributed by atoms with E-state index in [4.69, 9.17) is 8.97 Å². The molecule has 8 heteroatoms. The van der Waals surface area contributed by atoms with Crippen molar-refractivity contribution in [3.63, 3.8) is 0 Å². The highest BCUT2D eigenvalue weighted by atomic mass is 32.2. The van der Waals surface area contributed by atoms with Crippen LogP contribution in [0.5, 0.6) is 0 Å². The van der Waals surface area contributed by atoms with E-state index in [0.717, 1.165) is 38.3 Å². The molecule has 0 fully saturated rings. The van der Waals surface area contributed by atoms with E-state index < -0.39 is 15.7 Å². The van der Waals surface area contributed by atoms with E-state index in [1.54, 1.807) is 6.92 Å². The van der Waals surface area contributed by atoms with Crippen molar-refractivity contribution in [1.29, 1.82) is 0 Å². The lowest BCUT2D eigenvalue weighted by Crippen LogP contribution is -2.48. The Morgan fingerprint density at radius 1 is 0.967 bits per heavy atom. The maximum absolute atomic E-state index is 9.56. The van der Waals surface area contributed by atoms with Crippen molar-refractivity contribution < 1.29 is 27.6 Å². The molecular weight excluding hydrogens is 406 g/mol. The predicted octanol–water partition coefficient (Wildman–Crippen LogP) is 3.08. The van der Waals surface area contributed by atoms with E-state index in [2.05, 4.69) is 29.6 Å². The van der Waals surface area contributed by atoms with Crippen molar-refractivity contribution >= 4 is 42.8 Å². The van der Waals surface area contributed by atoms with Gasteiger partial charge < -0.3 is 19.9 Å². The zero-order chi connectivity index (χ0) is 21.9. The zero-order valence-electron chi connectivity index (χ0n) is 16.8. The Morgan fingerprint density at radius 3 is 2.17 bits per heavy atom. The van der Waals surface area contributed by atoms with E-state index in [1.165, 1.54) is 0 Å². The summed E-state index contributed by atoms with van der Waals surface area (Å²) in [5.74, 6) is 0. The fraction of sp³-hybridized carbons (Fsp3) is 0.273. The lowest BCUT2D eigenvalue weighted by Gasteiger charge is -2.26. The maximum atomic E-state index is 9.56. The molecule has 4 aromatic rings. The number of hydrogen-bond acceptors (Lipinski definition) is 6. The summed E-state index contributed by atoms with van der Waals surface area (Å²) in [6.45, 7) is 2.01. The van der Waals surface area contributed by atoms with Crippen molar-refractivity contribution in [2.75, 3.05) is 19.5 Å². The fourth-order valence-corrected chi connectivity index (χ4v) is 3.25. The molecule has 1 aromatic heterocycles. The summed E-state index contributed by atoms with van der Waals surface area (Å²) in [4.78, 5) is 0. The second-order valence-electron chi connectivity index (χ2n) is 7.51. The Hall–Kier alpha value is -2.49. The average molecular weight is 432 g/mol. The third-order valence-corrected chi connectivity index (χ3v) is 4.88. The summed E-state index contributed by atoms with van der Waals surface area (Å²) in [6.07, 6.45) is 0.715. The molecule has 3 aromatic carbocycles. The SMILES string of the molecule is CC(CO)(CO)NCc1c2ccccc2cc2c1oc1ccccc12.CS(=O)(=O)O. The van der Waals surface area contributed by atoms with Crippen molar-refractivity contribution in [3.8, 4) is 0 Å². The van der Waals surface area contributed by atoms with E-state index in [1.807, 2.05) is 30.3 Å². The highest BCUT2D eigenvalue weighted by Crippen LogP contribution is 2.35. The highest BCUT2D eigenvalue weighted by molar-refractivity contribution is 7.85. The van der Waals surface area contributed by atoms with E-state index in [9.17, 15) is 18.6 Å². The molecule has 0 aliphatic heterocycles. The third kappa shape index (κ3) is 4.97. The lowest BCUT2D eigenvalue weighted by atomic mass is 9.98. The number of hydrogen-bond donors (Lipinski definition) is 4. The van der Waals surface area contributed by atoms with Gasteiger partial charge in [-0.1, -0.05) is 42.5 Å². The van der Waals surface area contributed by atoms with Crippen LogP contribution in [0.1, 0.15) is 12.5 Å². The van der Waals surface area contributed by atoms with Crippen LogP contribution in [0.4, 0.5) is 0 Å². The van der Waals surface area contributed by atoms with Crippen LogP contribution in [-0.2, 0) is 16.7 Å². The highest BCUT2D eigenvalue weighted by Gasteiger charge is 2.23. The van der Waals surface area contributed by atoms with Crippen LogP contribution in [0, 0.1) is 0 Å². The molecule has 0 unspecified atom stereocenters. The van der Waals surface area contributed by atoms with Gasteiger partial charge in [-0.05, 0) is 29.8 Å². The number of furan rings is 1. The minimum absolute atomic E-state index is 0.141. The normalized spacial score (nSPS) is 12.3. The van der Waals surface area contributed by atoms with Gasteiger partial charge in [0, 0.05) is 22.9 Å². The van der Waals surface area contributed by atoms with E-state index >= 15 is 0 Å². The lowest BCUT2D eigenvalue weighted by molar-refractivity contribution is 0.103. The van der Waals surface area contributed by atoms with Gasteiger partial charge in [0.25, 0.3) is 10.1 Å². The molecule has 30 heavy (non-hydrogen) atoms. The van der Waals surface area contributed by atoms with Gasteiger partial charge in [-0.25, -0.2) is 0 Å². The first kappa shape index (κ1) is 22.2. The van der Waals surface area contributed by atoms with Gasteiger partial charge >= 0.3 is 0 Å². The van der Waals surface area contributed by atoms with Crippen LogP contribution < -0.4 is 5.32 Å². The maximum Gasteiger partial charge on any atom is 0.261 e. The Kier molecular flexibility index (Phi) is 6.44. The molecule has 7 nitrogen and oxygen atoms in total. The molecule has 160 valence electrons. The van der Waals surface area contributed by atoms with Crippen LogP contribution in [0.15, 0.2) is 59.0 Å². The summed E-state index contributed by atoms with van der Waals surface area (Å²) in [5.41, 5.74) is 2.01. The minimum Gasteiger partial charge on any atom is -0.456 e. The monoisotopic (exact) mass is 431 g/mol. The smallest absolute Gasteiger partial charge is 0.261 e. The molecule has 0 bridgehead atoms. The van der Waals surface area contributed by atoms with Gasteiger partial charge in [0.2, 0.25) is 0 Å². The Labute approximate surface area is 174 Å². The van der Waals surface area contributed by atoms with Crippen molar-refractivity contribution in [1.82, 2.24) is 5.32 Å². The van der Waals surface area contributed by atoms with Gasteiger partial charge in [0.1, 0.15) is 11.2 Å². The average Bonchev–Trinajstić information content (AvgIpc) is 3.08. The van der Waals surface area contributed by atoms with Crippen LogP contribution in [0.3, 0.4) is 0 Å². The van der Waals surface area contributed by atoms with E-state index in [-0.39, 0.29) is 13.2 Å². The summed E-state index contributed by atoms with van der Waals surface area (Å²) in [7, 11) is -3.67. The molecule has 0 radical (unpaired) electrons. The summed E-state index contributed by atoms with van der Waals surface area (Å²) >= 11 is 0. The molecule has 0 spiro atoms. The summed E-state index contributed by atoms with van der Waals surface area (Å²) in [5, 5.41) is 26.8. The number of fused-ring (bicyclic) bond motifs is 4. The van der Waals surface area contributed by atoms with Crippen molar-refractivity contribution in [2.24, 2.45) is 0 Å². The topological polar surface area (TPSA) is 120 Å². The molecule has 4 rings (SSSR count). The standard InChI is InChI=1S/C21H21NO3.CH4O3S/c1-21(12-23,13-24)22-11-18-15-7-3-2-6-14(15)10-17-16-8-4-5-9-19(16)25-20(17)18;1-5(2,3)4/h2-10,22-24H,11-13H2,1H3;1H3,(H,2,3,4). The minimum atomic E-state index is -3.67. The molecule has 1 heterocycles. The number of aliphatic hydroxyl groups is 2. The molecule has 4 N–H and O–H groups in total. The number of nitrogens with one attached hydrogen (secondary N) is 1. The molecule has 0 aliphatic rings. The largest absolute Gasteiger partial charge is 0.456 e. The zero-order valence-corrected chi connectivity index (χ0v) is 17.6.